The Morgan fingerprint density at radius 1 is 1.24 bits per heavy atom. The zero-order chi connectivity index (χ0) is 18.1. The Kier molecular flexibility index (Phi) is 7.40. The van der Waals surface area contributed by atoms with Crippen LogP contribution in [0.1, 0.15) is 18.4 Å². The molecule has 0 saturated carbocycles. The Morgan fingerprint density at radius 2 is 2.00 bits per heavy atom. The molecule has 7 nitrogen and oxygen atoms in total. The molecule has 0 spiro atoms. The summed E-state index contributed by atoms with van der Waals surface area (Å²) in [5.41, 5.74) is 0.927. The Morgan fingerprint density at radius 3 is 2.64 bits per heavy atom. The molecule has 1 aliphatic heterocycles. The molecule has 0 aliphatic carbocycles. The van der Waals surface area contributed by atoms with E-state index < -0.39 is 5.97 Å². The maximum atomic E-state index is 12.3. The molecule has 0 radical (unpaired) electrons. The van der Waals surface area contributed by atoms with Crippen LogP contribution < -0.4 is 0 Å². The minimum Gasteiger partial charge on any atom is -0.469 e. The quantitative estimate of drug-likeness (QED) is 0.517. The van der Waals surface area contributed by atoms with E-state index in [2.05, 4.69) is 4.74 Å². The fourth-order valence-electron chi connectivity index (χ4n) is 2.50. The van der Waals surface area contributed by atoms with Gasteiger partial charge in [0.25, 0.3) is 0 Å². The zero-order valence-electron chi connectivity index (χ0n) is 14.3. The van der Waals surface area contributed by atoms with E-state index in [1.54, 1.807) is 0 Å². The lowest BCUT2D eigenvalue weighted by Crippen LogP contribution is -2.35. The summed E-state index contributed by atoms with van der Waals surface area (Å²) < 4.78 is 15.0. The largest absolute Gasteiger partial charge is 0.469 e. The van der Waals surface area contributed by atoms with Crippen LogP contribution in [-0.4, -0.2) is 56.2 Å². The van der Waals surface area contributed by atoms with E-state index in [1.165, 1.54) is 12.0 Å². The van der Waals surface area contributed by atoms with Gasteiger partial charge in [0.2, 0.25) is 5.91 Å². The number of methoxy groups -OCH3 is 1. The van der Waals surface area contributed by atoms with Crippen molar-refractivity contribution >= 4 is 17.8 Å². The molecule has 1 aliphatic rings. The number of benzene rings is 1. The Hall–Kier alpha value is -2.41. The highest BCUT2D eigenvalue weighted by molar-refractivity contribution is 5.94. The van der Waals surface area contributed by atoms with Gasteiger partial charge in [-0.05, 0) is 12.0 Å². The van der Waals surface area contributed by atoms with Gasteiger partial charge in [-0.25, -0.2) is 0 Å². The van der Waals surface area contributed by atoms with Crippen LogP contribution in [0.15, 0.2) is 30.3 Å². The molecule has 1 aromatic rings. The van der Waals surface area contributed by atoms with Crippen molar-refractivity contribution in [3.05, 3.63) is 35.9 Å². The Bertz CT molecular complexity index is 582. The SMILES string of the molecule is COC(=O)CC(=O)N(CCOC(=O)C1CCOC1)Cc1ccccc1. The third-order valence-electron chi connectivity index (χ3n) is 3.96. The molecule has 0 N–H and O–H groups in total. The summed E-state index contributed by atoms with van der Waals surface area (Å²) in [6.45, 7) is 1.57. The first kappa shape index (κ1) is 18.9. The summed E-state index contributed by atoms with van der Waals surface area (Å²) in [7, 11) is 1.24. The lowest BCUT2D eigenvalue weighted by Gasteiger charge is -2.22. The van der Waals surface area contributed by atoms with Gasteiger partial charge in [-0.1, -0.05) is 30.3 Å². The van der Waals surface area contributed by atoms with Crippen molar-refractivity contribution in [1.82, 2.24) is 4.90 Å². The maximum Gasteiger partial charge on any atom is 0.315 e. The van der Waals surface area contributed by atoms with Crippen LogP contribution in [-0.2, 0) is 35.1 Å². The number of rotatable bonds is 8. The van der Waals surface area contributed by atoms with Crippen LogP contribution in [0, 0.1) is 5.92 Å². The van der Waals surface area contributed by atoms with Crippen molar-refractivity contribution in [3.63, 3.8) is 0 Å². The third-order valence-corrected chi connectivity index (χ3v) is 3.96. The summed E-state index contributed by atoms with van der Waals surface area (Å²) in [5.74, 6) is -1.50. The molecule has 1 fully saturated rings. The number of nitrogens with zero attached hydrogens (tertiary/aromatic N) is 1. The van der Waals surface area contributed by atoms with E-state index in [9.17, 15) is 14.4 Å². The average molecular weight is 349 g/mol. The molecule has 1 amide bonds. The summed E-state index contributed by atoms with van der Waals surface area (Å²) >= 11 is 0. The maximum absolute atomic E-state index is 12.3. The van der Waals surface area contributed by atoms with Gasteiger partial charge in [-0.3, -0.25) is 14.4 Å². The fraction of sp³-hybridized carbons (Fsp3) is 0.500. The molecule has 2 rings (SSSR count). The molecule has 1 atom stereocenters. The second-order valence-electron chi connectivity index (χ2n) is 5.78. The first-order valence-electron chi connectivity index (χ1n) is 8.23. The molecule has 1 saturated heterocycles. The predicted octanol–water partition coefficient (Wildman–Crippen LogP) is 1.16. The summed E-state index contributed by atoms with van der Waals surface area (Å²) in [6.07, 6.45) is 0.321. The Balaban J connectivity index is 1.89. The van der Waals surface area contributed by atoms with E-state index in [0.717, 1.165) is 5.56 Å². The smallest absolute Gasteiger partial charge is 0.315 e. The van der Waals surface area contributed by atoms with Gasteiger partial charge in [0.05, 0.1) is 26.2 Å². The van der Waals surface area contributed by atoms with Gasteiger partial charge in [0, 0.05) is 13.2 Å². The molecule has 0 bridgehead atoms. The lowest BCUT2D eigenvalue weighted by atomic mass is 10.1. The van der Waals surface area contributed by atoms with Crippen LogP contribution in [0.25, 0.3) is 0 Å². The van der Waals surface area contributed by atoms with E-state index in [1.807, 2.05) is 30.3 Å². The van der Waals surface area contributed by atoms with Crippen molar-refractivity contribution < 1.29 is 28.6 Å². The standard InChI is InChI=1S/C18H23NO6/c1-23-17(21)11-16(20)19(12-14-5-3-2-4-6-14)8-10-25-18(22)15-7-9-24-13-15/h2-6,15H,7-13H2,1H3. The molecule has 1 heterocycles. The second kappa shape index (κ2) is 9.78. The molecule has 136 valence electrons. The summed E-state index contributed by atoms with van der Waals surface area (Å²) in [4.78, 5) is 37.1. The molecule has 7 heteroatoms. The van der Waals surface area contributed by atoms with Gasteiger partial charge in [-0.15, -0.1) is 0 Å². The topological polar surface area (TPSA) is 82.1 Å². The molecular weight excluding hydrogens is 326 g/mol. The normalized spacial score (nSPS) is 16.3. The van der Waals surface area contributed by atoms with Crippen LogP contribution in [0.4, 0.5) is 0 Å². The highest BCUT2D eigenvalue weighted by Gasteiger charge is 2.25. The average Bonchev–Trinajstić information content (AvgIpc) is 3.16. The first-order valence-corrected chi connectivity index (χ1v) is 8.23. The van der Waals surface area contributed by atoms with Crippen molar-refractivity contribution in [2.75, 3.05) is 33.5 Å². The van der Waals surface area contributed by atoms with Gasteiger partial charge in [0.1, 0.15) is 13.0 Å². The van der Waals surface area contributed by atoms with Crippen LogP contribution in [0.3, 0.4) is 0 Å². The highest BCUT2D eigenvalue weighted by Crippen LogP contribution is 2.14. The molecule has 1 aromatic carbocycles. The van der Waals surface area contributed by atoms with E-state index in [4.69, 9.17) is 9.47 Å². The van der Waals surface area contributed by atoms with Crippen LogP contribution in [0.5, 0.6) is 0 Å². The monoisotopic (exact) mass is 349 g/mol. The van der Waals surface area contributed by atoms with Crippen LogP contribution >= 0.6 is 0 Å². The number of hydrogen-bond donors (Lipinski definition) is 0. The summed E-state index contributed by atoms with van der Waals surface area (Å²) in [6, 6.07) is 9.41. The fourth-order valence-corrected chi connectivity index (χ4v) is 2.50. The van der Waals surface area contributed by atoms with Crippen molar-refractivity contribution in [3.8, 4) is 0 Å². The van der Waals surface area contributed by atoms with Gasteiger partial charge >= 0.3 is 11.9 Å². The van der Waals surface area contributed by atoms with Crippen LogP contribution in [0.2, 0.25) is 0 Å². The third kappa shape index (κ3) is 6.19. The number of esters is 2. The predicted molar refractivity (Wildman–Crippen MR) is 88.4 cm³/mol. The van der Waals surface area contributed by atoms with E-state index in [0.29, 0.717) is 26.2 Å². The highest BCUT2D eigenvalue weighted by atomic mass is 16.5. The summed E-state index contributed by atoms with van der Waals surface area (Å²) in [5, 5.41) is 0. The van der Waals surface area contributed by atoms with E-state index in [-0.39, 0.29) is 37.4 Å². The number of carbonyl (C=O) groups is 3. The minimum absolute atomic E-state index is 0.0785. The first-order chi connectivity index (χ1) is 12.1. The van der Waals surface area contributed by atoms with E-state index >= 15 is 0 Å². The van der Waals surface area contributed by atoms with Gasteiger partial charge in [0.15, 0.2) is 0 Å². The lowest BCUT2D eigenvalue weighted by molar-refractivity contribution is -0.152. The minimum atomic E-state index is -0.594. The van der Waals surface area contributed by atoms with Crippen molar-refractivity contribution in [2.24, 2.45) is 5.92 Å². The van der Waals surface area contributed by atoms with Crippen molar-refractivity contribution in [2.45, 2.75) is 19.4 Å². The molecular formula is C18H23NO6. The molecule has 25 heavy (non-hydrogen) atoms. The van der Waals surface area contributed by atoms with Gasteiger partial charge in [-0.2, -0.15) is 0 Å². The number of amides is 1. The zero-order valence-corrected chi connectivity index (χ0v) is 14.3. The second-order valence-corrected chi connectivity index (χ2v) is 5.78. The van der Waals surface area contributed by atoms with Crippen molar-refractivity contribution in [1.29, 1.82) is 0 Å². The number of hydrogen-bond acceptors (Lipinski definition) is 6. The number of carbonyl (C=O) groups excluding carboxylic acids is 3. The van der Waals surface area contributed by atoms with Gasteiger partial charge < -0.3 is 19.1 Å². The molecule has 1 unspecified atom stereocenters. The molecule has 0 aromatic heterocycles. The Labute approximate surface area is 146 Å². The number of ether oxygens (including phenoxy) is 3.